The number of benzene rings is 1. The summed E-state index contributed by atoms with van der Waals surface area (Å²) in [4.78, 5) is 32.7. The maximum Gasteiger partial charge on any atom is 0.322 e. The lowest BCUT2D eigenvalue weighted by Gasteiger charge is -2.04. The number of aliphatic carboxylic acids is 1. The average molecular weight is 260 g/mol. The summed E-state index contributed by atoms with van der Waals surface area (Å²) in [7, 11) is 0. The number of amides is 2. The van der Waals surface area contributed by atoms with E-state index in [1.165, 1.54) is 6.07 Å². The number of hydrogen-bond donors (Lipinski definition) is 3. The molecule has 6 heteroatoms. The van der Waals surface area contributed by atoms with Gasteiger partial charge in [0.2, 0.25) is 5.91 Å². The van der Waals surface area contributed by atoms with Gasteiger partial charge in [-0.1, -0.05) is 24.0 Å². The zero-order valence-electron chi connectivity index (χ0n) is 9.97. The van der Waals surface area contributed by atoms with Gasteiger partial charge >= 0.3 is 5.97 Å². The molecule has 1 rings (SSSR count). The Labute approximate surface area is 109 Å². The van der Waals surface area contributed by atoms with Gasteiger partial charge in [0.1, 0.15) is 6.54 Å². The Morgan fingerprint density at radius 2 is 1.95 bits per heavy atom. The summed E-state index contributed by atoms with van der Waals surface area (Å²) in [5.74, 6) is 2.97. The molecular formula is C13H12N2O4. The Hall–Kier alpha value is -2.81. The molecule has 0 fully saturated rings. The van der Waals surface area contributed by atoms with Gasteiger partial charge in [-0.05, 0) is 12.1 Å². The van der Waals surface area contributed by atoms with Gasteiger partial charge in [0.25, 0.3) is 5.91 Å². The molecule has 98 valence electrons. The molecule has 4 N–H and O–H groups in total. The van der Waals surface area contributed by atoms with Gasteiger partial charge in [-0.3, -0.25) is 14.4 Å². The van der Waals surface area contributed by atoms with Crippen molar-refractivity contribution in [3.63, 3.8) is 0 Å². The van der Waals surface area contributed by atoms with Crippen LogP contribution in [0, 0.1) is 11.8 Å². The number of primary amides is 1. The first-order valence-corrected chi connectivity index (χ1v) is 5.37. The number of rotatable bonds is 4. The molecule has 0 unspecified atom stereocenters. The number of nitrogens with one attached hydrogen (secondary N) is 1. The predicted octanol–water partition coefficient (Wildman–Crippen LogP) is -0.272. The summed E-state index contributed by atoms with van der Waals surface area (Å²) in [6.07, 6.45) is -0.106. The van der Waals surface area contributed by atoms with Crippen LogP contribution < -0.4 is 11.1 Å². The summed E-state index contributed by atoms with van der Waals surface area (Å²) in [6, 6.07) is 6.44. The monoisotopic (exact) mass is 260 g/mol. The Balaban J connectivity index is 2.88. The van der Waals surface area contributed by atoms with Crippen LogP contribution in [0.5, 0.6) is 0 Å². The topological polar surface area (TPSA) is 109 Å². The molecule has 0 saturated heterocycles. The van der Waals surface area contributed by atoms with Gasteiger partial charge in [0, 0.05) is 5.56 Å². The molecule has 0 aliphatic heterocycles. The van der Waals surface area contributed by atoms with Crippen LogP contribution in [0.4, 0.5) is 0 Å². The van der Waals surface area contributed by atoms with E-state index in [-0.39, 0.29) is 12.0 Å². The van der Waals surface area contributed by atoms with Crippen LogP contribution in [-0.4, -0.2) is 29.4 Å². The molecule has 1 aromatic carbocycles. The van der Waals surface area contributed by atoms with Crippen molar-refractivity contribution in [2.75, 3.05) is 6.54 Å². The van der Waals surface area contributed by atoms with Gasteiger partial charge in [-0.2, -0.15) is 0 Å². The second kappa shape index (κ2) is 6.81. The zero-order chi connectivity index (χ0) is 14.3. The highest BCUT2D eigenvalue weighted by Crippen LogP contribution is 2.07. The van der Waals surface area contributed by atoms with Crippen LogP contribution in [0.25, 0.3) is 0 Å². The van der Waals surface area contributed by atoms with Crippen molar-refractivity contribution < 1.29 is 19.5 Å². The smallest absolute Gasteiger partial charge is 0.322 e. The lowest BCUT2D eigenvalue weighted by Crippen LogP contribution is -2.29. The lowest BCUT2D eigenvalue weighted by molar-refractivity contribution is -0.135. The van der Waals surface area contributed by atoms with Gasteiger partial charge in [-0.15, -0.1) is 0 Å². The number of hydrogen-bond acceptors (Lipinski definition) is 3. The maximum atomic E-state index is 11.7. The molecule has 1 aromatic rings. The van der Waals surface area contributed by atoms with E-state index in [4.69, 9.17) is 10.8 Å². The van der Waals surface area contributed by atoms with Crippen LogP contribution in [0.15, 0.2) is 24.3 Å². The quantitative estimate of drug-likeness (QED) is 0.647. The fourth-order valence-corrected chi connectivity index (χ4v) is 1.27. The van der Waals surface area contributed by atoms with E-state index in [2.05, 4.69) is 17.2 Å². The molecule has 6 nitrogen and oxygen atoms in total. The molecule has 2 amide bonds. The van der Waals surface area contributed by atoms with Gasteiger partial charge in [0.15, 0.2) is 0 Å². The molecule has 0 bridgehead atoms. The number of carboxylic acid groups (broad SMARTS) is 1. The molecule has 0 spiro atoms. The third-order valence-electron chi connectivity index (χ3n) is 2.06. The molecule has 0 aromatic heterocycles. The van der Waals surface area contributed by atoms with Crippen molar-refractivity contribution in [2.45, 2.75) is 6.42 Å². The second-order valence-electron chi connectivity index (χ2n) is 3.57. The van der Waals surface area contributed by atoms with Gasteiger partial charge in [-0.25, -0.2) is 0 Å². The van der Waals surface area contributed by atoms with Crippen LogP contribution in [-0.2, 0) is 9.59 Å². The maximum absolute atomic E-state index is 11.7. The van der Waals surface area contributed by atoms with Crippen molar-refractivity contribution in [1.82, 2.24) is 5.32 Å². The predicted molar refractivity (Wildman–Crippen MR) is 67.1 cm³/mol. The van der Waals surface area contributed by atoms with Crippen molar-refractivity contribution >= 4 is 17.8 Å². The van der Waals surface area contributed by atoms with E-state index in [1.807, 2.05) is 0 Å². The van der Waals surface area contributed by atoms with Crippen LogP contribution >= 0.6 is 0 Å². The molecule has 0 radical (unpaired) electrons. The highest BCUT2D eigenvalue weighted by atomic mass is 16.4. The summed E-state index contributed by atoms with van der Waals surface area (Å²) in [5.41, 5.74) is 5.61. The van der Waals surface area contributed by atoms with Crippen LogP contribution in [0.3, 0.4) is 0 Å². The van der Waals surface area contributed by atoms with E-state index in [0.717, 1.165) is 0 Å². The third kappa shape index (κ3) is 4.91. The van der Waals surface area contributed by atoms with Gasteiger partial charge in [0.05, 0.1) is 12.0 Å². The number of carbonyl (C=O) groups excluding carboxylic acids is 2. The van der Waals surface area contributed by atoms with E-state index in [1.54, 1.807) is 18.2 Å². The number of carboxylic acids is 1. The summed E-state index contributed by atoms with van der Waals surface area (Å²) < 4.78 is 0. The number of carbonyl (C=O) groups is 3. The van der Waals surface area contributed by atoms with Crippen molar-refractivity contribution in [3.05, 3.63) is 35.4 Å². The average Bonchev–Trinajstić information content (AvgIpc) is 2.36. The summed E-state index contributed by atoms with van der Waals surface area (Å²) in [6.45, 7) is -0.470. The second-order valence-corrected chi connectivity index (χ2v) is 3.57. The van der Waals surface area contributed by atoms with Crippen LogP contribution in [0.1, 0.15) is 22.3 Å². The minimum absolute atomic E-state index is 0.106. The summed E-state index contributed by atoms with van der Waals surface area (Å²) >= 11 is 0. The van der Waals surface area contributed by atoms with Gasteiger partial charge < -0.3 is 16.2 Å². The highest BCUT2D eigenvalue weighted by Gasteiger charge is 2.10. The zero-order valence-corrected chi connectivity index (χ0v) is 9.97. The standard InChI is InChI=1S/C13H12N2O4/c14-11(16)7-3-5-9-4-1-2-6-10(9)13(19)15-8-12(17)18/h1-2,4,6H,7-8H2,(H2,14,16)(H,15,19)(H,17,18). The molecule has 0 heterocycles. The minimum Gasteiger partial charge on any atom is -0.480 e. The SMILES string of the molecule is NC(=O)CC#Cc1ccccc1C(=O)NCC(=O)O. The molecule has 0 aliphatic rings. The highest BCUT2D eigenvalue weighted by molar-refractivity contribution is 5.98. The Morgan fingerprint density at radius 1 is 1.26 bits per heavy atom. The molecule has 0 atom stereocenters. The Morgan fingerprint density at radius 3 is 2.58 bits per heavy atom. The van der Waals surface area contributed by atoms with Crippen molar-refractivity contribution in [3.8, 4) is 11.8 Å². The molecular weight excluding hydrogens is 248 g/mol. The largest absolute Gasteiger partial charge is 0.480 e. The van der Waals surface area contributed by atoms with E-state index >= 15 is 0 Å². The van der Waals surface area contributed by atoms with E-state index in [9.17, 15) is 14.4 Å². The number of nitrogens with two attached hydrogens (primary N) is 1. The lowest BCUT2D eigenvalue weighted by atomic mass is 10.1. The normalized spacial score (nSPS) is 9.05. The minimum atomic E-state index is -1.13. The van der Waals surface area contributed by atoms with Crippen LogP contribution in [0.2, 0.25) is 0 Å². The fraction of sp³-hybridized carbons (Fsp3) is 0.154. The summed E-state index contributed by atoms with van der Waals surface area (Å²) in [5, 5.41) is 10.7. The fourth-order valence-electron chi connectivity index (χ4n) is 1.27. The Kier molecular flexibility index (Phi) is 5.11. The Bertz CT molecular complexity index is 569. The molecule has 0 aliphatic carbocycles. The third-order valence-corrected chi connectivity index (χ3v) is 2.06. The van der Waals surface area contributed by atoms with Crippen molar-refractivity contribution in [1.29, 1.82) is 0 Å². The van der Waals surface area contributed by atoms with Crippen molar-refractivity contribution in [2.24, 2.45) is 5.73 Å². The van der Waals surface area contributed by atoms with E-state index < -0.39 is 24.3 Å². The first-order valence-electron chi connectivity index (χ1n) is 5.37. The van der Waals surface area contributed by atoms with E-state index in [0.29, 0.717) is 5.56 Å². The first kappa shape index (κ1) is 14.3. The molecule has 0 saturated carbocycles. The first-order chi connectivity index (χ1) is 9.00. The molecule has 19 heavy (non-hydrogen) atoms.